The minimum absolute atomic E-state index is 0. The first-order valence-corrected chi connectivity index (χ1v) is 6.49. The number of methoxy groups -OCH3 is 1. The monoisotopic (exact) mass is 375 g/mol. The van der Waals surface area contributed by atoms with Crippen LogP contribution in [0, 0.1) is 5.92 Å². The topological polar surface area (TPSA) is 59.6 Å². The van der Waals surface area contributed by atoms with Gasteiger partial charge < -0.3 is 15.8 Å². The van der Waals surface area contributed by atoms with Crippen molar-refractivity contribution in [2.45, 2.75) is 25.7 Å². The van der Waals surface area contributed by atoms with Gasteiger partial charge in [0.05, 0.1) is 12.8 Å². The number of rotatable bonds is 5. The highest BCUT2D eigenvalue weighted by Crippen LogP contribution is 2.29. The number of halogens is 1. The van der Waals surface area contributed by atoms with Gasteiger partial charge in [-0.15, -0.1) is 24.0 Å². The summed E-state index contributed by atoms with van der Waals surface area (Å²) in [6.07, 6.45) is 5.24. The summed E-state index contributed by atoms with van der Waals surface area (Å²) in [6.45, 7) is 0.804. The molecule has 2 rings (SSSR count). The molecule has 19 heavy (non-hydrogen) atoms. The van der Waals surface area contributed by atoms with Crippen LogP contribution in [0.15, 0.2) is 29.3 Å². The molecule has 0 radical (unpaired) electrons. The Bertz CT molecular complexity index is 419. The second kappa shape index (κ2) is 8.24. The van der Waals surface area contributed by atoms with Crippen LogP contribution in [0.1, 0.15) is 25.7 Å². The molecular formula is C14H22IN3O. The van der Waals surface area contributed by atoms with Crippen LogP contribution in [-0.2, 0) is 0 Å². The number of aliphatic imine (C=N–C) groups is 1. The second-order valence-corrected chi connectivity index (χ2v) is 4.68. The van der Waals surface area contributed by atoms with Crippen molar-refractivity contribution in [2.24, 2.45) is 16.6 Å². The van der Waals surface area contributed by atoms with E-state index in [1.54, 1.807) is 7.11 Å². The van der Waals surface area contributed by atoms with Crippen LogP contribution in [0.3, 0.4) is 0 Å². The third-order valence-electron chi connectivity index (χ3n) is 3.41. The van der Waals surface area contributed by atoms with Crippen LogP contribution in [0.4, 0.5) is 5.69 Å². The van der Waals surface area contributed by atoms with Gasteiger partial charge in [-0.1, -0.05) is 31.4 Å². The average Bonchev–Trinajstić information content (AvgIpc) is 2.33. The zero-order valence-electron chi connectivity index (χ0n) is 11.3. The third kappa shape index (κ3) is 4.89. The highest BCUT2D eigenvalue weighted by Gasteiger charge is 2.16. The summed E-state index contributed by atoms with van der Waals surface area (Å²) in [4.78, 5) is 4.34. The van der Waals surface area contributed by atoms with Gasteiger partial charge in [0.2, 0.25) is 0 Å². The van der Waals surface area contributed by atoms with Crippen LogP contribution >= 0.6 is 24.0 Å². The largest absolute Gasteiger partial charge is 0.495 e. The Morgan fingerprint density at radius 2 is 2.16 bits per heavy atom. The van der Waals surface area contributed by atoms with Crippen molar-refractivity contribution in [3.63, 3.8) is 0 Å². The second-order valence-electron chi connectivity index (χ2n) is 4.68. The number of para-hydroxylation sites is 2. The molecule has 0 bridgehead atoms. The highest BCUT2D eigenvalue weighted by atomic mass is 127. The van der Waals surface area contributed by atoms with Crippen molar-refractivity contribution in [1.29, 1.82) is 0 Å². The van der Waals surface area contributed by atoms with E-state index >= 15 is 0 Å². The summed E-state index contributed by atoms with van der Waals surface area (Å²) in [5.74, 6) is 2.10. The fraction of sp³-hybridized carbons (Fsp3) is 0.500. The molecule has 0 saturated heterocycles. The number of guanidine groups is 1. The number of nitrogens with one attached hydrogen (secondary N) is 1. The van der Waals surface area contributed by atoms with Crippen molar-refractivity contribution in [3.05, 3.63) is 24.3 Å². The maximum Gasteiger partial charge on any atom is 0.193 e. The van der Waals surface area contributed by atoms with Crippen LogP contribution in [0.2, 0.25) is 0 Å². The van der Waals surface area contributed by atoms with E-state index in [1.165, 1.54) is 19.3 Å². The van der Waals surface area contributed by atoms with E-state index in [2.05, 4.69) is 10.3 Å². The molecule has 0 amide bonds. The predicted molar refractivity (Wildman–Crippen MR) is 90.5 cm³/mol. The number of benzene rings is 1. The lowest BCUT2D eigenvalue weighted by atomic mass is 9.83. The minimum atomic E-state index is 0. The first-order chi connectivity index (χ1) is 8.79. The molecule has 1 aliphatic rings. The van der Waals surface area contributed by atoms with Gasteiger partial charge in [0, 0.05) is 6.54 Å². The van der Waals surface area contributed by atoms with E-state index < -0.39 is 0 Å². The smallest absolute Gasteiger partial charge is 0.193 e. The van der Waals surface area contributed by atoms with Gasteiger partial charge >= 0.3 is 0 Å². The van der Waals surface area contributed by atoms with Gasteiger partial charge in [0.15, 0.2) is 5.96 Å². The van der Waals surface area contributed by atoms with E-state index in [-0.39, 0.29) is 24.0 Å². The zero-order chi connectivity index (χ0) is 12.8. The molecule has 0 atom stereocenters. The van der Waals surface area contributed by atoms with Gasteiger partial charge in [-0.25, -0.2) is 0 Å². The Kier molecular flexibility index (Phi) is 6.97. The summed E-state index contributed by atoms with van der Waals surface area (Å²) < 4.78 is 5.24. The average molecular weight is 375 g/mol. The maximum atomic E-state index is 5.86. The Morgan fingerprint density at radius 1 is 1.42 bits per heavy atom. The Morgan fingerprint density at radius 3 is 2.79 bits per heavy atom. The van der Waals surface area contributed by atoms with Crippen LogP contribution < -0.4 is 15.8 Å². The molecule has 5 heteroatoms. The fourth-order valence-electron chi connectivity index (χ4n) is 2.07. The predicted octanol–water partition coefficient (Wildman–Crippen LogP) is 3.23. The lowest BCUT2D eigenvalue weighted by Gasteiger charge is -2.24. The Balaban J connectivity index is 0.00000180. The van der Waals surface area contributed by atoms with E-state index in [4.69, 9.17) is 10.5 Å². The SMILES string of the molecule is COc1ccccc1NC(N)=NCCC1CCC1.I. The van der Waals surface area contributed by atoms with Gasteiger partial charge in [-0.2, -0.15) is 0 Å². The molecule has 0 aliphatic heterocycles. The van der Waals surface area contributed by atoms with Crippen LogP contribution in [0.5, 0.6) is 5.75 Å². The quantitative estimate of drug-likeness (QED) is 0.472. The third-order valence-corrected chi connectivity index (χ3v) is 3.41. The van der Waals surface area contributed by atoms with Crippen LogP contribution in [-0.4, -0.2) is 19.6 Å². The van der Waals surface area contributed by atoms with Crippen LogP contribution in [0.25, 0.3) is 0 Å². The fourth-order valence-corrected chi connectivity index (χ4v) is 2.07. The molecule has 0 spiro atoms. The number of ether oxygens (including phenoxy) is 1. The number of nitrogens with two attached hydrogens (primary N) is 1. The lowest BCUT2D eigenvalue weighted by Crippen LogP contribution is -2.23. The van der Waals surface area contributed by atoms with Crippen molar-refractivity contribution in [3.8, 4) is 5.75 Å². The molecule has 0 unspecified atom stereocenters. The molecule has 4 nitrogen and oxygen atoms in total. The van der Waals surface area contributed by atoms with E-state index in [0.29, 0.717) is 5.96 Å². The Labute approximate surface area is 131 Å². The molecule has 1 saturated carbocycles. The Hall–Kier alpha value is -0.980. The van der Waals surface area contributed by atoms with Gasteiger partial charge in [0.1, 0.15) is 5.75 Å². The maximum absolute atomic E-state index is 5.86. The standard InChI is InChI=1S/C14H21N3O.HI/c1-18-13-8-3-2-7-12(13)17-14(15)16-10-9-11-5-4-6-11;/h2-3,7-8,11H,4-6,9-10H2,1H3,(H3,15,16,17);1H. The highest BCUT2D eigenvalue weighted by molar-refractivity contribution is 14.0. The molecule has 1 aliphatic carbocycles. The van der Waals surface area contributed by atoms with E-state index in [9.17, 15) is 0 Å². The van der Waals surface area contributed by atoms with E-state index in [1.807, 2.05) is 24.3 Å². The summed E-state index contributed by atoms with van der Waals surface area (Å²) in [6, 6.07) is 7.68. The molecule has 3 N–H and O–H groups in total. The summed E-state index contributed by atoms with van der Waals surface area (Å²) in [7, 11) is 1.64. The number of hydrogen-bond acceptors (Lipinski definition) is 2. The van der Waals surface area contributed by atoms with Gasteiger partial charge in [-0.3, -0.25) is 4.99 Å². The van der Waals surface area contributed by atoms with Gasteiger partial charge in [-0.05, 0) is 24.5 Å². The van der Waals surface area contributed by atoms with Gasteiger partial charge in [0.25, 0.3) is 0 Å². The molecule has 1 aromatic rings. The molecule has 0 aromatic heterocycles. The minimum Gasteiger partial charge on any atom is -0.495 e. The number of anilines is 1. The first-order valence-electron chi connectivity index (χ1n) is 6.49. The number of nitrogens with zero attached hydrogens (tertiary/aromatic N) is 1. The van der Waals surface area contributed by atoms with E-state index in [0.717, 1.165) is 30.3 Å². The van der Waals surface area contributed by atoms with Crippen molar-refractivity contribution >= 4 is 35.6 Å². The van der Waals surface area contributed by atoms with Crippen molar-refractivity contribution in [1.82, 2.24) is 0 Å². The summed E-state index contributed by atoms with van der Waals surface area (Å²) >= 11 is 0. The lowest BCUT2D eigenvalue weighted by molar-refractivity contribution is 0.300. The molecule has 1 fully saturated rings. The molecule has 0 heterocycles. The summed E-state index contributed by atoms with van der Waals surface area (Å²) in [5.41, 5.74) is 6.71. The normalized spacial score (nSPS) is 15.3. The molecule has 1 aromatic carbocycles. The van der Waals surface area contributed by atoms with Crippen molar-refractivity contribution in [2.75, 3.05) is 19.0 Å². The molecular weight excluding hydrogens is 353 g/mol. The zero-order valence-corrected chi connectivity index (χ0v) is 13.6. The summed E-state index contributed by atoms with van der Waals surface area (Å²) in [5, 5.41) is 3.07. The number of hydrogen-bond donors (Lipinski definition) is 2. The molecule has 106 valence electrons. The van der Waals surface area contributed by atoms with Crippen molar-refractivity contribution < 1.29 is 4.74 Å². The first kappa shape index (κ1) is 16.1.